The number of carbonyl (C=O) groups is 1. The molecular formula is C20H23NO. The molecule has 1 N–H and O–H groups in total. The summed E-state index contributed by atoms with van der Waals surface area (Å²) in [5.41, 5.74) is 0.799. The Labute approximate surface area is 131 Å². The van der Waals surface area contributed by atoms with Gasteiger partial charge in [-0.25, -0.2) is 0 Å². The van der Waals surface area contributed by atoms with Gasteiger partial charge >= 0.3 is 0 Å². The fraction of sp³-hybridized carbons (Fsp3) is 0.450. The largest absolute Gasteiger partial charge is 0.349 e. The van der Waals surface area contributed by atoms with E-state index in [0.29, 0.717) is 5.92 Å². The summed E-state index contributed by atoms with van der Waals surface area (Å²) in [6.07, 6.45) is 5.47. The first-order valence-electron chi connectivity index (χ1n) is 8.51. The Morgan fingerprint density at radius 3 is 2.68 bits per heavy atom. The fourth-order valence-electron chi connectivity index (χ4n) is 4.72. The SMILES string of the molecule is C[C@H](NC(=O)c1cccc2ccccc12)[C@H]1C[C@@H]2CC[C@@H]1C2. The van der Waals surface area contributed by atoms with Crippen LogP contribution in [0.5, 0.6) is 0 Å². The number of nitrogens with one attached hydrogen (secondary N) is 1. The highest BCUT2D eigenvalue weighted by molar-refractivity contribution is 6.07. The molecule has 0 radical (unpaired) electrons. The monoisotopic (exact) mass is 293 g/mol. The van der Waals surface area contributed by atoms with Gasteiger partial charge in [-0.3, -0.25) is 4.79 Å². The van der Waals surface area contributed by atoms with E-state index in [1.54, 1.807) is 0 Å². The van der Waals surface area contributed by atoms with Crippen molar-refractivity contribution in [2.75, 3.05) is 0 Å². The van der Waals surface area contributed by atoms with Crippen LogP contribution in [-0.4, -0.2) is 11.9 Å². The quantitative estimate of drug-likeness (QED) is 0.893. The lowest BCUT2D eigenvalue weighted by Gasteiger charge is -2.28. The summed E-state index contributed by atoms with van der Waals surface area (Å²) in [5, 5.41) is 5.45. The predicted octanol–water partition coefficient (Wildman–Crippen LogP) is 4.39. The Kier molecular flexibility index (Phi) is 3.40. The summed E-state index contributed by atoms with van der Waals surface area (Å²) in [6.45, 7) is 2.19. The van der Waals surface area contributed by atoms with E-state index in [1.165, 1.54) is 25.7 Å². The number of fused-ring (bicyclic) bond motifs is 3. The standard InChI is InChI=1S/C20H23NO/c1-13(19-12-14-9-10-16(19)11-14)21-20(22)18-8-4-6-15-5-2-3-7-17(15)18/h2-8,13-14,16,19H,9-12H2,1H3,(H,21,22)/t13-,14+,16+,19+/m0/s1. The van der Waals surface area contributed by atoms with Gasteiger partial charge in [0.15, 0.2) is 0 Å². The van der Waals surface area contributed by atoms with Gasteiger partial charge in [0, 0.05) is 11.6 Å². The first-order chi connectivity index (χ1) is 10.7. The molecule has 0 aliphatic heterocycles. The summed E-state index contributed by atoms with van der Waals surface area (Å²) < 4.78 is 0. The molecule has 0 aromatic heterocycles. The average molecular weight is 293 g/mol. The minimum atomic E-state index is 0.0760. The Morgan fingerprint density at radius 2 is 1.91 bits per heavy atom. The molecule has 2 aliphatic carbocycles. The Hall–Kier alpha value is -1.83. The molecule has 4 atom stereocenters. The van der Waals surface area contributed by atoms with Gasteiger partial charge < -0.3 is 5.32 Å². The van der Waals surface area contributed by atoms with Crippen LogP contribution >= 0.6 is 0 Å². The van der Waals surface area contributed by atoms with Gasteiger partial charge in [-0.05, 0) is 60.8 Å². The Bertz CT molecular complexity index is 702. The molecule has 4 rings (SSSR count). The number of benzene rings is 2. The normalized spacial score (nSPS) is 28.0. The van der Waals surface area contributed by atoms with Crippen LogP contribution in [-0.2, 0) is 0 Å². The van der Waals surface area contributed by atoms with Crippen molar-refractivity contribution in [1.82, 2.24) is 5.32 Å². The average Bonchev–Trinajstić information content (AvgIpc) is 3.17. The lowest BCUT2D eigenvalue weighted by Crippen LogP contribution is -2.40. The second kappa shape index (κ2) is 5.42. The molecule has 2 fully saturated rings. The van der Waals surface area contributed by atoms with Crippen molar-refractivity contribution in [3.8, 4) is 0 Å². The van der Waals surface area contributed by atoms with Gasteiger partial charge in [0.2, 0.25) is 0 Å². The summed E-state index contributed by atoms with van der Waals surface area (Å²) in [7, 11) is 0. The maximum absolute atomic E-state index is 12.7. The number of hydrogen-bond acceptors (Lipinski definition) is 1. The van der Waals surface area contributed by atoms with Crippen molar-refractivity contribution in [2.45, 2.75) is 38.6 Å². The second-order valence-corrected chi connectivity index (χ2v) is 7.13. The van der Waals surface area contributed by atoms with Crippen LogP contribution in [0.25, 0.3) is 10.8 Å². The summed E-state index contributed by atoms with van der Waals surface area (Å²) in [5.74, 6) is 2.52. The van der Waals surface area contributed by atoms with E-state index in [9.17, 15) is 4.79 Å². The zero-order valence-electron chi connectivity index (χ0n) is 13.1. The van der Waals surface area contributed by atoms with E-state index < -0.39 is 0 Å². The van der Waals surface area contributed by atoms with Crippen molar-refractivity contribution in [1.29, 1.82) is 0 Å². The number of rotatable bonds is 3. The molecule has 0 spiro atoms. The number of carbonyl (C=O) groups excluding carboxylic acids is 1. The van der Waals surface area contributed by atoms with E-state index in [4.69, 9.17) is 0 Å². The van der Waals surface area contributed by atoms with Crippen molar-refractivity contribution in [3.05, 3.63) is 48.0 Å². The Balaban J connectivity index is 1.54. The molecule has 0 saturated heterocycles. The lowest BCUT2D eigenvalue weighted by atomic mass is 9.84. The zero-order chi connectivity index (χ0) is 15.1. The highest BCUT2D eigenvalue weighted by atomic mass is 16.1. The smallest absolute Gasteiger partial charge is 0.252 e. The summed E-state index contributed by atoms with van der Waals surface area (Å²) >= 11 is 0. The van der Waals surface area contributed by atoms with E-state index >= 15 is 0 Å². The van der Waals surface area contributed by atoms with Gasteiger partial charge in [-0.15, -0.1) is 0 Å². The van der Waals surface area contributed by atoms with Gasteiger partial charge in [-0.2, -0.15) is 0 Å². The molecule has 0 unspecified atom stereocenters. The Morgan fingerprint density at radius 1 is 1.09 bits per heavy atom. The molecular weight excluding hydrogens is 270 g/mol. The minimum Gasteiger partial charge on any atom is -0.349 e. The van der Waals surface area contributed by atoms with E-state index in [-0.39, 0.29) is 11.9 Å². The maximum Gasteiger partial charge on any atom is 0.252 e. The first kappa shape index (κ1) is 13.8. The molecule has 2 saturated carbocycles. The minimum absolute atomic E-state index is 0.0760. The van der Waals surface area contributed by atoms with Crippen LogP contribution in [0.15, 0.2) is 42.5 Å². The molecule has 2 heteroatoms. The molecule has 2 aromatic rings. The molecule has 114 valence electrons. The number of amides is 1. The predicted molar refractivity (Wildman–Crippen MR) is 89.8 cm³/mol. The van der Waals surface area contributed by atoms with Gasteiger partial charge in [0.1, 0.15) is 0 Å². The van der Waals surface area contributed by atoms with Crippen LogP contribution in [0, 0.1) is 17.8 Å². The van der Waals surface area contributed by atoms with Crippen LogP contribution in [0.3, 0.4) is 0 Å². The third-order valence-corrected chi connectivity index (χ3v) is 5.83. The molecule has 0 heterocycles. The molecule has 2 aromatic carbocycles. The summed E-state index contributed by atoms with van der Waals surface area (Å²) in [4.78, 5) is 12.7. The molecule has 2 bridgehead atoms. The highest BCUT2D eigenvalue weighted by Gasteiger charge is 2.42. The van der Waals surface area contributed by atoms with Crippen molar-refractivity contribution in [3.63, 3.8) is 0 Å². The molecule has 2 aliphatic rings. The van der Waals surface area contributed by atoms with Crippen LogP contribution < -0.4 is 5.32 Å². The van der Waals surface area contributed by atoms with Crippen LogP contribution in [0.2, 0.25) is 0 Å². The summed E-state index contributed by atoms with van der Waals surface area (Å²) in [6, 6.07) is 14.4. The first-order valence-corrected chi connectivity index (χ1v) is 8.51. The molecule has 1 amide bonds. The van der Waals surface area contributed by atoms with Gasteiger partial charge in [-0.1, -0.05) is 42.8 Å². The van der Waals surface area contributed by atoms with E-state index in [1.807, 2.05) is 30.3 Å². The fourth-order valence-corrected chi connectivity index (χ4v) is 4.72. The van der Waals surface area contributed by atoms with Crippen LogP contribution in [0.4, 0.5) is 0 Å². The number of hydrogen-bond donors (Lipinski definition) is 1. The molecule has 22 heavy (non-hydrogen) atoms. The van der Waals surface area contributed by atoms with Crippen molar-refractivity contribution < 1.29 is 4.79 Å². The topological polar surface area (TPSA) is 29.1 Å². The lowest BCUT2D eigenvalue weighted by molar-refractivity contribution is 0.0917. The van der Waals surface area contributed by atoms with Crippen LogP contribution in [0.1, 0.15) is 43.0 Å². The second-order valence-electron chi connectivity index (χ2n) is 7.13. The molecule has 2 nitrogen and oxygen atoms in total. The van der Waals surface area contributed by atoms with Crippen molar-refractivity contribution >= 4 is 16.7 Å². The third kappa shape index (κ3) is 2.31. The van der Waals surface area contributed by atoms with Gasteiger partial charge in [0.05, 0.1) is 0 Å². The third-order valence-electron chi connectivity index (χ3n) is 5.83. The van der Waals surface area contributed by atoms with E-state index in [2.05, 4.69) is 24.4 Å². The highest BCUT2D eigenvalue weighted by Crippen LogP contribution is 2.49. The van der Waals surface area contributed by atoms with Crippen molar-refractivity contribution in [2.24, 2.45) is 17.8 Å². The van der Waals surface area contributed by atoms with Gasteiger partial charge in [0.25, 0.3) is 5.91 Å². The maximum atomic E-state index is 12.7. The zero-order valence-corrected chi connectivity index (χ0v) is 13.1. The van der Waals surface area contributed by atoms with E-state index in [0.717, 1.165) is 28.2 Å².